The molecule has 88 valence electrons. The number of benzene rings is 2. The summed E-state index contributed by atoms with van der Waals surface area (Å²) in [4.78, 5) is 10.3. The van der Waals surface area contributed by atoms with E-state index < -0.39 is 6.09 Å². The van der Waals surface area contributed by atoms with Gasteiger partial charge in [0.05, 0.1) is 0 Å². The van der Waals surface area contributed by atoms with Crippen LogP contribution in [0, 0.1) is 6.92 Å². The van der Waals surface area contributed by atoms with Crippen molar-refractivity contribution in [2.45, 2.75) is 13.3 Å². The molecule has 17 heavy (non-hydrogen) atoms. The van der Waals surface area contributed by atoms with Crippen molar-refractivity contribution in [2.75, 3.05) is 6.54 Å². The lowest BCUT2D eigenvalue weighted by Crippen LogP contribution is -2.23. The third-order valence-corrected chi connectivity index (χ3v) is 2.75. The molecule has 3 heteroatoms. The summed E-state index contributed by atoms with van der Waals surface area (Å²) >= 11 is 0. The zero-order valence-corrected chi connectivity index (χ0v) is 9.73. The average Bonchev–Trinajstić information content (AvgIpc) is 2.29. The SMILES string of the molecule is Cc1ccc2cc(CCNC(=O)O)ccc2c1. The molecule has 2 aromatic rings. The molecule has 1 amide bonds. The van der Waals surface area contributed by atoms with Crippen molar-refractivity contribution >= 4 is 16.9 Å². The van der Waals surface area contributed by atoms with Gasteiger partial charge in [-0.05, 0) is 29.7 Å². The van der Waals surface area contributed by atoms with Crippen LogP contribution in [0.5, 0.6) is 0 Å². The fourth-order valence-electron chi connectivity index (χ4n) is 1.88. The van der Waals surface area contributed by atoms with E-state index in [0.717, 1.165) is 12.0 Å². The Balaban J connectivity index is 2.14. The first kappa shape index (κ1) is 11.5. The van der Waals surface area contributed by atoms with E-state index in [1.54, 1.807) is 0 Å². The Hall–Kier alpha value is -2.03. The van der Waals surface area contributed by atoms with E-state index in [9.17, 15) is 4.79 Å². The van der Waals surface area contributed by atoms with Gasteiger partial charge in [-0.15, -0.1) is 0 Å². The molecule has 0 aromatic heterocycles. The summed E-state index contributed by atoms with van der Waals surface area (Å²) < 4.78 is 0. The predicted molar refractivity (Wildman–Crippen MR) is 68.4 cm³/mol. The highest BCUT2D eigenvalue weighted by Crippen LogP contribution is 2.17. The minimum atomic E-state index is -0.971. The van der Waals surface area contributed by atoms with Gasteiger partial charge in [0.2, 0.25) is 0 Å². The fourth-order valence-corrected chi connectivity index (χ4v) is 1.88. The van der Waals surface area contributed by atoms with Gasteiger partial charge in [-0.25, -0.2) is 4.79 Å². The molecular weight excluding hydrogens is 214 g/mol. The molecule has 0 aliphatic heterocycles. The zero-order chi connectivity index (χ0) is 12.3. The van der Waals surface area contributed by atoms with E-state index in [0.29, 0.717) is 6.54 Å². The number of carboxylic acid groups (broad SMARTS) is 1. The van der Waals surface area contributed by atoms with E-state index in [4.69, 9.17) is 5.11 Å². The molecule has 3 nitrogen and oxygen atoms in total. The van der Waals surface area contributed by atoms with Gasteiger partial charge in [0.25, 0.3) is 0 Å². The highest BCUT2D eigenvalue weighted by molar-refractivity contribution is 5.83. The number of hydrogen-bond donors (Lipinski definition) is 2. The summed E-state index contributed by atoms with van der Waals surface area (Å²) in [6.07, 6.45) is -0.253. The summed E-state index contributed by atoms with van der Waals surface area (Å²) in [5, 5.41) is 13.3. The Morgan fingerprint density at radius 3 is 2.65 bits per heavy atom. The number of nitrogens with one attached hydrogen (secondary N) is 1. The molecule has 0 saturated carbocycles. The molecular formula is C14H15NO2. The number of carbonyl (C=O) groups is 1. The average molecular weight is 229 g/mol. The summed E-state index contributed by atoms with van der Waals surface area (Å²) in [5.41, 5.74) is 2.40. The molecule has 0 saturated heterocycles. The van der Waals surface area contributed by atoms with Crippen LogP contribution < -0.4 is 5.32 Å². The minimum Gasteiger partial charge on any atom is -0.465 e. The lowest BCUT2D eigenvalue weighted by atomic mass is 10.0. The lowest BCUT2D eigenvalue weighted by molar-refractivity contribution is 0.194. The summed E-state index contributed by atoms with van der Waals surface area (Å²) in [6.45, 7) is 2.52. The Kier molecular flexibility index (Phi) is 3.28. The number of amides is 1. The number of rotatable bonds is 3. The molecule has 0 aliphatic carbocycles. The molecule has 0 heterocycles. The number of fused-ring (bicyclic) bond motifs is 1. The van der Waals surface area contributed by atoms with Gasteiger partial charge in [-0.3, -0.25) is 0 Å². The predicted octanol–water partition coefficient (Wildman–Crippen LogP) is 2.96. The van der Waals surface area contributed by atoms with Crippen LogP contribution in [0.4, 0.5) is 4.79 Å². The van der Waals surface area contributed by atoms with Crippen LogP contribution in [0.15, 0.2) is 36.4 Å². The van der Waals surface area contributed by atoms with Crippen LogP contribution in [0.25, 0.3) is 10.8 Å². The van der Waals surface area contributed by atoms with Crippen LogP contribution in [-0.4, -0.2) is 17.7 Å². The van der Waals surface area contributed by atoms with E-state index in [-0.39, 0.29) is 0 Å². The molecule has 2 rings (SSSR count). The van der Waals surface area contributed by atoms with Crippen molar-refractivity contribution in [1.82, 2.24) is 5.32 Å². The van der Waals surface area contributed by atoms with Crippen LogP contribution in [-0.2, 0) is 6.42 Å². The van der Waals surface area contributed by atoms with Gasteiger partial charge in [0.15, 0.2) is 0 Å². The molecule has 2 N–H and O–H groups in total. The maximum atomic E-state index is 10.3. The largest absolute Gasteiger partial charge is 0.465 e. The molecule has 0 bridgehead atoms. The summed E-state index contributed by atoms with van der Waals surface area (Å²) in [7, 11) is 0. The molecule has 0 fully saturated rings. The van der Waals surface area contributed by atoms with Crippen LogP contribution >= 0.6 is 0 Å². The van der Waals surface area contributed by atoms with Gasteiger partial charge < -0.3 is 10.4 Å². The summed E-state index contributed by atoms with van der Waals surface area (Å²) in [6, 6.07) is 12.6. The third kappa shape index (κ3) is 2.97. The first-order valence-electron chi connectivity index (χ1n) is 5.61. The highest BCUT2D eigenvalue weighted by atomic mass is 16.4. The van der Waals surface area contributed by atoms with Crippen molar-refractivity contribution in [3.63, 3.8) is 0 Å². The second kappa shape index (κ2) is 4.87. The van der Waals surface area contributed by atoms with E-state index in [1.807, 2.05) is 6.07 Å². The van der Waals surface area contributed by atoms with Crippen LogP contribution in [0.3, 0.4) is 0 Å². The number of aryl methyl sites for hydroxylation is 1. The van der Waals surface area contributed by atoms with Gasteiger partial charge in [0.1, 0.15) is 0 Å². The molecule has 0 aliphatic rings. The highest BCUT2D eigenvalue weighted by Gasteiger charge is 1.99. The minimum absolute atomic E-state index is 0.451. The van der Waals surface area contributed by atoms with Crippen LogP contribution in [0.1, 0.15) is 11.1 Å². The molecule has 0 atom stereocenters. The molecule has 0 unspecified atom stereocenters. The van der Waals surface area contributed by atoms with E-state index in [1.165, 1.54) is 16.3 Å². The standard InChI is InChI=1S/C14H15NO2/c1-10-2-4-13-9-11(3-5-12(13)8-10)6-7-15-14(16)17/h2-5,8-9,15H,6-7H2,1H3,(H,16,17). The van der Waals surface area contributed by atoms with E-state index >= 15 is 0 Å². The molecule has 0 spiro atoms. The Morgan fingerprint density at radius 1 is 1.18 bits per heavy atom. The van der Waals surface area contributed by atoms with Gasteiger partial charge in [-0.1, -0.05) is 42.0 Å². The second-order valence-corrected chi connectivity index (χ2v) is 4.17. The van der Waals surface area contributed by atoms with Crippen molar-refractivity contribution in [3.05, 3.63) is 47.5 Å². The Labute approximate surface area is 100 Å². The normalized spacial score (nSPS) is 10.4. The Morgan fingerprint density at radius 2 is 1.88 bits per heavy atom. The first-order chi connectivity index (χ1) is 8.15. The van der Waals surface area contributed by atoms with Crippen molar-refractivity contribution < 1.29 is 9.90 Å². The van der Waals surface area contributed by atoms with Gasteiger partial charge in [-0.2, -0.15) is 0 Å². The Bertz CT molecular complexity index is 549. The van der Waals surface area contributed by atoms with Crippen molar-refractivity contribution in [3.8, 4) is 0 Å². The monoisotopic (exact) mass is 229 g/mol. The molecule has 0 radical (unpaired) electrons. The quantitative estimate of drug-likeness (QED) is 0.850. The first-order valence-corrected chi connectivity index (χ1v) is 5.61. The van der Waals surface area contributed by atoms with Gasteiger partial charge in [0, 0.05) is 6.54 Å². The van der Waals surface area contributed by atoms with Crippen molar-refractivity contribution in [2.24, 2.45) is 0 Å². The van der Waals surface area contributed by atoms with Crippen molar-refractivity contribution in [1.29, 1.82) is 0 Å². The number of hydrogen-bond acceptors (Lipinski definition) is 1. The zero-order valence-electron chi connectivity index (χ0n) is 9.73. The van der Waals surface area contributed by atoms with E-state index in [2.05, 4.69) is 42.6 Å². The third-order valence-electron chi connectivity index (χ3n) is 2.75. The van der Waals surface area contributed by atoms with Crippen LogP contribution in [0.2, 0.25) is 0 Å². The lowest BCUT2D eigenvalue weighted by Gasteiger charge is -2.05. The maximum absolute atomic E-state index is 10.3. The smallest absolute Gasteiger partial charge is 0.404 e. The second-order valence-electron chi connectivity index (χ2n) is 4.17. The molecule has 2 aromatic carbocycles. The fraction of sp³-hybridized carbons (Fsp3) is 0.214. The topological polar surface area (TPSA) is 49.3 Å². The van der Waals surface area contributed by atoms with Gasteiger partial charge >= 0.3 is 6.09 Å². The summed E-state index contributed by atoms with van der Waals surface area (Å²) in [5.74, 6) is 0. The maximum Gasteiger partial charge on any atom is 0.404 e.